The van der Waals surface area contributed by atoms with Crippen LogP contribution in [0.25, 0.3) is 0 Å². The molecule has 6 nitrogen and oxygen atoms in total. The second-order valence-corrected chi connectivity index (χ2v) is 3.59. The lowest BCUT2D eigenvalue weighted by Gasteiger charge is -2.24. The highest BCUT2D eigenvalue weighted by molar-refractivity contribution is 5.92. The van der Waals surface area contributed by atoms with E-state index < -0.39 is 0 Å². The van der Waals surface area contributed by atoms with Gasteiger partial charge in [-0.3, -0.25) is 9.48 Å². The molecule has 0 unspecified atom stereocenters. The van der Waals surface area contributed by atoms with Crippen LogP contribution in [0.5, 0.6) is 0 Å². The van der Waals surface area contributed by atoms with Crippen LogP contribution in [0.1, 0.15) is 24.3 Å². The molecule has 0 saturated carbocycles. The largest absolute Gasteiger partial charge is 0.395 e. The van der Waals surface area contributed by atoms with Crippen LogP contribution in [0.15, 0.2) is 6.20 Å². The van der Waals surface area contributed by atoms with Gasteiger partial charge in [0.15, 0.2) is 5.69 Å². The molecule has 0 aliphatic carbocycles. The molecule has 0 aliphatic rings. The van der Waals surface area contributed by atoms with Gasteiger partial charge in [-0.25, -0.2) is 0 Å². The summed E-state index contributed by atoms with van der Waals surface area (Å²) >= 11 is 0. The van der Waals surface area contributed by atoms with E-state index in [2.05, 4.69) is 10.3 Å². The number of hydrogen-bond donors (Lipinski definition) is 1. The normalized spacial score (nSPS) is 10.7. The zero-order valence-electron chi connectivity index (χ0n) is 9.21. The fourth-order valence-electron chi connectivity index (χ4n) is 1.29. The van der Waals surface area contributed by atoms with Gasteiger partial charge in [-0.1, -0.05) is 5.21 Å². The van der Waals surface area contributed by atoms with Crippen LogP contribution < -0.4 is 0 Å². The van der Waals surface area contributed by atoms with E-state index in [1.165, 1.54) is 4.68 Å². The first-order valence-electron chi connectivity index (χ1n) is 4.84. The number of carbonyl (C=O) groups excluding carboxylic acids is 1. The summed E-state index contributed by atoms with van der Waals surface area (Å²) in [5.41, 5.74) is 0.305. The predicted molar refractivity (Wildman–Crippen MR) is 54.3 cm³/mol. The minimum atomic E-state index is -0.202. The third kappa shape index (κ3) is 2.76. The van der Waals surface area contributed by atoms with E-state index in [0.29, 0.717) is 12.2 Å². The average Bonchev–Trinajstić information content (AvgIpc) is 2.59. The molecule has 0 fully saturated rings. The Labute approximate surface area is 88.5 Å². The van der Waals surface area contributed by atoms with Crippen LogP contribution in [-0.4, -0.2) is 50.1 Å². The fraction of sp³-hybridized carbons (Fsp3) is 0.667. The molecule has 0 atom stereocenters. The van der Waals surface area contributed by atoms with Gasteiger partial charge >= 0.3 is 0 Å². The van der Waals surface area contributed by atoms with E-state index in [9.17, 15) is 4.79 Å². The minimum absolute atomic E-state index is 0.0339. The molecule has 0 saturated heterocycles. The first-order valence-corrected chi connectivity index (χ1v) is 4.84. The van der Waals surface area contributed by atoms with Crippen LogP contribution in [-0.2, 0) is 7.05 Å². The van der Waals surface area contributed by atoms with Crippen molar-refractivity contribution in [2.45, 2.75) is 19.9 Å². The standard InChI is InChI=1S/C9H16N4O2/c1-7(2)13(4-5-14)9(15)8-6-12(3)11-10-8/h6-7,14H,4-5H2,1-3H3. The zero-order chi connectivity index (χ0) is 11.4. The second-order valence-electron chi connectivity index (χ2n) is 3.59. The van der Waals surface area contributed by atoms with Gasteiger partial charge in [-0.2, -0.15) is 0 Å². The summed E-state index contributed by atoms with van der Waals surface area (Å²) in [6, 6.07) is 0.0339. The lowest BCUT2D eigenvalue weighted by molar-refractivity contribution is 0.0659. The van der Waals surface area contributed by atoms with Crippen LogP contribution >= 0.6 is 0 Å². The van der Waals surface area contributed by atoms with E-state index in [0.717, 1.165) is 0 Å². The number of amides is 1. The smallest absolute Gasteiger partial charge is 0.276 e. The van der Waals surface area contributed by atoms with Crippen molar-refractivity contribution in [3.05, 3.63) is 11.9 Å². The summed E-state index contributed by atoms with van der Waals surface area (Å²) in [4.78, 5) is 13.4. The molecule has 1 heterocycles. The van der Waals surface area contributed by atoms with Crippen molar-refractivity contribution in [2.75, 3.05) is 13.2 Å². The molecule has 0 radical (unpaired) electrons. The number of aryl methyl sites for hydroxylation is 1. The maximum Gasteiger partial charge on any atom is 0.276 e. The quantitative estimate of drug-likeness (QED) is 0.741. The van der Waals surface area contributed by atoms with Gasteiger partial charge in [-0.15, -0.1) is 5.10 Å². The Morgan fingerprint density at radius 2 is 2.33 bits per heavy atom. The third-order valence-electron chi connectivity index (χ3n) is 2.05. The van der Waals surface area contributed by atoms with Crippen LogP contribution in [0.2, 0.25) is 0 Å². The van der Waals surface area contributed by atoms with Crippen molar-refractivity contribution >= 4 is 5.91 Å². The molecule has 84 valence electrons. The van der Waals surface area contributed by atoms with Crippen LogP contribution in [0.3, 0.4) is 0 Å². The van der Waals surface area contributed by atoms with E-state index in [-0.39, 0.29) is 18.6 Å². The molecule has 1 N–H and O–H groups in total. The Hall–Kier alpha value is -1.43. The summed E-state index contributed by atoms with van der Waals surface area (Å²) < 4.78 is 1.48. The summed E-state index contributed by atoms with van der Waals surface area (Å²) in [5, 5.41) is 16.3. The zero-order valence-corrected chi connectivity index (χ0v) is 9.21. The molecule has 1 amide bonds. The summed E-state index contributed by atoms with van der Waals surface area (Å²) in [6.45, 7) is 4.05. The molecule has 1 rings (SSSR count). The highest BCUT2D eigenvalue weighted by atomic mass is 16.3. The highest BCUT2D eigenvalue weighted by Gasteiger charge is 2.20. The monoisotopic (exact) mass is 212 g/mol. The molecular weight excluding hydrogens is 196 g/mol. The molecule has 1 aromatic heterocycles. The third-order valence-corrected chi connectivity index (χ3v) is 2.05. The van der Waals surface area contributed by atoms with Crippen molar-refractivity contribution in [3.8, 4) is 0 Å². The molecule has 6 heteroatoms. The van der Waals surface area contributed by atoms with Crippen LogP contribution in [0.4, 0.5) is 0 Å². The number of rotatable bonds is 4. The van der Waals surface area contributed by atoms with Crippen molar-refractivity contribution in [3.63, 3.8) is 0 Å². The van der Waals surface area contributed by atoms with Crippen molar-refractivity contribution in [1.29, 1.82) is 0 Å². The fourth-order valence-corrected chi connectivity index (χ4v) is 1.29. The summed E-state index contributed by atoms with van der Waals surface area (Å²) in [7, 11) is 1.70. The van der Waals surface area contributed by atoms with Crippen LogP contribution in [0, 0.1) is 0 Å². The molecular formula is C9H16N4O2. The number of carbonyl (C=O) groups is 1. The van der Waals surface area contributed by atoms with E-state index in [1.54, 1.807) is 18.1 Å². The lowest BCUT2D eigenvalue weighted by atomic mass is 10.3. The molecule has 1 aromatic rings. The Balaban J connectivity index is 2.80. The van der Waals surface area contributed by atoms with Gasteiger partial charge < -0.3 is 10.0 Å². The Morgan fingerprint density at radius 1 is 1.67 bits per heavy atom. The molecule has 0 bridgehead atoms. The van der Waals surface area contributed by atoms with Gasteiger partial charge in [0.1, 0.15) is 0 Å². The van der Waals surface area contributed by atoms with Crippen molar-refractivity contribution in [2.24, 2.45) is 7.05 Å². The van der Waals surface area contributed by atoms with Gasteiger partial charge in [-0.05, 0) is 13.8 Å². The predicted octanol–water partition coefficient (Wildman–Crippen LogP) is -0.342. The van der Waals surface area contributed by atoms with Gasteiger partial charge in [0.2, 0.25) is 0 Å². The topological polar surface area (TPSA) is 71.2 Å². The number of hydrogen-bond acceptors (Lipinski definition) is 4. The second kappa shape index (κ2) is 4.88. The summed E-state index contributed by atoms with van der Waals surface area (Å²) in [5.74, 6) is -0.202. The maximum atomic E-state index is 11.9. The minimum Gasteiger partial charge on any atom is -0.395 e. The Bertz CT molecular complexity index is 335. The number of aliphatic hydroxyl groups is 1. The molecule has 0 spiro atoms. The molecule has 15 heavy (non-hydrogen) atoms. The Morgan fingerprint density at radius 3 is 2.73 bits per heavy atom. The first kappa shape index (κ1) is 11.6. The van der Waals surface area contributed by atoms with E-state index in [1.807, 2.05) is 13.8 Å². The number of nitrogens with zero attached hydrogens (tertiary/aromatic N) is 4. The maximum absolute atomic E-state index is 11.9. The van der Waals surface area contributed by atoms with E-state index >= 15 is 0 Å². The molecule has 0 aliphatic heterocycles. The first-order chi connectivity index (χ1) is 7.06. The van der Waals surface area contributed by atoms with E-state index in [4.69, 9.17) is 5.11 Å². The molecule has 0 aromatic carbocycles. The number of aliphatic hydroxyl groups excluding tert-OH is 1. The van der Waals surface area contributed by atoms with Crippen molar-refractivity contribution < 1.29 is 9.90 Å². The Kier molecular flexibility index (Phi) is 3.79. The van der Waals surface area contributed by atoms with Gasteiger partial charge in [0.25, 0.3) is 5.91 Å². The van der Waals surface area contributed by atoms with Crippen molar-refractivity contribution in [1.82, 2.24) is 19.9 Å². The van der Waals surface area contributed by atoms with Gasteiger partial charge in [0, 0.05) is 19.6 Å². The highest BCUT2D eigenvalue weighted by Crippen LogP contribution is 2.04. The average molecular weight is 212 g/mol. The van der Waals surface area contributed by atoms with Gasteiger partial charge in [0.05, 0.1) is 12.8 Å². The number of aromatic nitrogens is 3. The lowest BCUT2D eigenvalue weighted by Crippen LogP contribution is -2.39. The summed E-state index contributed by atoms with van der Waals surface area (Å²) in [6.07, 6.45) is 1.56. The SMILES string of the molecule is CC(C)N(CCO)C(=O)c1cn(C)nn1.